The van der Waals surface area contributed by atoms with Crippen molar-refractivity contribution >= 4 is 44.7 Å². The molecule has 0 bridgehead atoms. The number of nitrogens with one attached hydrogen (secondary N) is 1. The van der Waals surface area contributed by atoms with Crippen molar-refractivity contribution in [1.29, 1.82) is 0 Å². The number of fused-ring (bicyclic) bond motifs is 1. The number of aromatic nitrogens is 2. The van der Waals surface area contributed by atoms with Crippen LogP contribution in [0.15, 0.2) is 45.9 Å². The number of ether oxygens (including phenoxy) is 1. The van der Waals surface area contributed by atoms with Gasteiger partial charge in [-0.05, 0) is 36.6 Å². The van der Waals surface area contributed by atoms with Crippen molar-refractivity contribution in [3.05, 3.63) is 68.7 Å². The summed E-state index contributed by atoms with van der Waals surface area (Å²) in [7, 11) is 1.57. The molecule has 4 nitrogen and oxygen atoms in total. The van der Waals surface area contributed by atoms with Gasteiger partial charge in [-0.2, -0.15) is 0 Å². The zero-order valence-electron chi connectivity index (χ0n) is 15.2. The van der Waals surface area contributed by atoms with Crippen LogP contribution in [0.1, 0.15) is 23.6 Å². The highest BCUT2D eigenvalue weighted by Gasteiger charge is 2.17. The molecule has 0 spiro atoms. The van der Waals surface area contributed by atoms with Crippen LogP contribution in [0.25, 0.3) is 20.7 Å². The van der Waals surface area contributed by atoms with E-state index in [1.807, 2.05) is 29.8 Å². The fourth-order valence-corrected chi connectivity index (χ4v) is 5.62. The number of hydrogen-bond acceptors (Lipinski definition) is 6. The Labute approximate surface area is 173 Å². The maximum atomic E-state index is 13.6. The predicted octanol–water partition coefficient (Wildman–Crippen LogP) is 5.86. The van der Waals surface area contributed by atoms with Crippen molar-refractivity contribution < 1.29 is 9.13 Å². The molecule has 3 aromatic heterocycles. The Morgan fingerprint density at radius 2 is 2.18 bits per heavy atom. The first-order chi connectivity index (χ1) is 13.6. The Kier molecular flexibility index (Phi) is 5.52. The number of rotatable bonds is 6. The van der Waals surface area contributed by atoms with Gasteiger partial charge in [-0.1, -0.05) is 6.07 Å². The van der Waals surface area contributed by atoms with E-state index in [-0.39, 0.29) is 16.6 Å². The van der Waals surface area contributed by atoms with Crippen molar-refractivity contribution in [3.63, 3.8) is 0 Å². The van der Waals surface area contributed by atoms with Crippen LogP contribution in [0.5, 0.6) is 5.75 Å². The first-order valence-corrected chi connectivity index (χ1v) is 11.4. The van der Waals surface area contributed by atoms with E-state index in [1.165, 1.54) is 23.5 Å². The molecule has 1 unspecified atom stereocenters. The maximum Gasteiger partial charge on any atom is 0.260 e. The molecule has 0 aliphatic rings. The third-order valence-electron chi connectivity index (χ3n) is 4.37. The smallest absolute Gasteiger partial charge is 0.260 e. The highest BCUT2D eigenvalue weighted by atomic mass is 32.2. The lowest BCUT2D eigenvalue weighted by molar-refractivity contribution is 0.410. The molecule has 0 fully saturated rings. The van der Waals surface area contributed by atoms with Gasteiger partial charge in [0.2, 0.25) is 0 Å². The van der Waals surface area contributed by atoms with Gasteiger partial charge in [0.15, 0.2) is 0 Å². The highest BCUT2D eigenvalue weighted by molar-refractivity contribution is 7.98. The lowest BCUT2D eigenvalue weighted by atomic mass is 10.2. The second-order valence-corrected chi connectivity index (χ2v) is 9.30. The number of H-pyrrole nitrogens is 1. The maximum absolute atomic E-state index is 13.6. The molecule has 1 atom stereocenters. The van der Waals surface area contributed by atoms with Crippen LogP contribution in [-0.2, 0) is 5.75 Å². The van der Waals surface area contributed by atoms with Crippen LogP contribution < -0.4 is 10.3 Å². The van der Waals surface area contributed by atoms with Crippen molar-refractivity contribution in [2.24, 2.45) is 0 Å². The van der Waals surface area contributed by atoms with E-state index >= 15 is 0 Å². The van der Waals surface area contributed by atoms with Crippen molar-refractivity contribution in [2.75, 3.05) is 7.11 Å². The number of methoxy groups -OCH3 is 1. The first kappa shape index (κ1) is 19.2. The number of hydrogen-bond donors (Lipinski definition) is 1. The Balaban J connectivity index is 1.59. The van der Waals surface area contributed by atoms with Gasteiger partial charge < -0.3 is 9.72 Å². The molecule has 0 radical (unpaired) electrons. The summed E-state index contributed by atoms with van der Waals surface area (Å²) >= 11 is 4.65. The molecule has 1 N–H and O–H groups in total. The van der Waals surface area contributed by atoms with Crippen LogP contribution in [-0.4, -0.2) is 17.1 Å². The van der Waals surface area contributed by atoms with E-state index in [0.717, 1.165) is 20.8 Å². The highest BCUT2D eigenvalue weighted by Crippen LogP contribution is 2.36. The summed E-state index contributed by atoms with van der Waals surface area (Å²) in [5.74, 6) is 1.53. The van der Waals surface area contributed by atoms with Gasteiger partial charge in [0.25, 0.3) is 5.56 Å². The summed E-state index contributed by atoms with van der Waals surface area (Å²) in [5, 5.41) is 4.56. The molecule has 3 heterocycles. The monoisotopic (exact) mass is 432 g/mol. The number of nitrogens with zero attached hydrogens (tertiary/aromatic N) is 1. The average Bonchev–Trinajstić information content (AvgIpc) is 3.35. The lowest BCUT2D eigenvalue weighted by Gasteiger charge is -2.13. The minimum absolute atomic E-state index is 0.0580. The van der Waals surface area contributed by atoms with Crippen molar-refractivity contribution in [3.8, 4) is 16.2 Å². The summed E-state index contributed by atoms with van der Waals surface area (Å²) in [6, 6.07) is 8.46. The zero-order chi connectivity index (χ0) is 19.7. The molecule has 4 rings (SSSR count). The number of benzene rings is 1. The SMILES string of the molecule is COc1ccc(F)cc1CSC(C)c1nc2scc(-c3cccs3)c2c(=O)[nH]1. The van der Waals surface area contributed by atoms with Gasteiger partial charge in [-0.25, -0.2) is 9.37 Å². The number of halogens is 1. The summed E-state index contributed by atoms with van der Waals surface area (Å²) in [6.07, 6.45) is 0. The molecular formula is C20H17FN2O2S3. The third kappa shape index (κ3) is 3.72. The number of aromatic amines is 1. The van der Waals surface area contributed by atoms with Crippen LogP contribution in [0, 0.1) is 5.82 Å². The van der Waals surface area contributed by atoms with Gasteiger partial charge in [0, 0.05) is 27.1 Å². The van der Waals surface area contributed by atoms with Crippen molar-refractivity contribution in [2.45, 2.75) is 17.9 Å². The molecule has 28 heavy (non-hydrogen) atoms. The largest absolute Gasteiger partial charge is 0.496 e. The van der Waals surface area contributed by atoms with Gasteiger partial charge in [-0.3, -0.25) is 4.79 Å². The van der Waals surface area contributed by atoms with Gasteiger partial charge in [0.1, 0.15) is 22.2 Å². The van der Waals surface area contributed by atoms with E-state index < -0.39 is 0 Å². The fraction of sp³-hybridized carbons (Fsp3) is 0.200. The lowest BCUT2D eigenvalue weighted by Crippen LogP contribution is -2.12. The normalized spacial score (nSPS) is 12.4. The van der Waals surface area contributed by atoms with E-state index in [0.29, 0.717) is 22.7 Å². The summed E-state index contributed by atoms with van der Waals surface area (Å²) in [6.45, 7) is 1.98. The Bertz CT molecular complexity index is 1170. The summed E-state index contributed by atoms with van der Waals surface area (Å²) in [4.78, 5) is 22.1. The topological polar surface area (TPSA) is 55.0 Å². The van der Waals surface area contributed by atoms with Crippen LogP contribution in [0.2, 0.25) is 0 Å². The predicted molar refractivity (Wildman–Crippen MR) is 116 cm³/mol. The molecule has 0 aliphatic carbocycles. The standard InChI is InChI=1S/C20H17FN2O2S3/c1-11(27-9-12-8-13(21)5-6-15(12)25-2)18-22-19(24)17-14(10-28-20(17)23-18)16-4-3-7-26-16/h3-8,10-11H,9H2,1-2H3,(H,22,23,24). The number of thioether (sulfide) groups is 1. The minimum Gasteiger partial charge on any atom is -0.496 e. The molecular weight excluding hydrogens is 415 g/mol. The molecule has 0 saturated carbocycles. The molecule has 0 saturated heterocycles. The summed E-state index contributed by atoms with van der Waals surface area (Å²) in [5.41, 5.74) is 1.58. The molecule has 0 aliphatic heterocycles. The van der Waals surface area contributed by atoms with E-state index in [4.69, 9.17) is 4.74 Å². The van der Waals surface area contributed by atoms with E-state index in [2.05, 4.69) is 9.97 Å². The van der Waals surface area contributed by atoms with E-state index in [9.17, 15) is 9.18 Å². The first-order valence-electron chi connectivity index (χ1n) is 8.56. The summed E-state index contributed by atoms with van der Waals surface area (Å²) < 4.78 is 18.9. The van der Waals surface area contributed by atoms with Crippen LogP contribution in [0.3, 0.4) is 0 Å². The second kappa shape index (κ2) is 8.06. The quantitative estimate of drug-likeness (QED) is 0.415. The molecule has 0 amide bonds. The zero-order valence-corrected chi connectivity index (χ0v) is 17.6. The Morgan fingerprint density at radius 1 is 1.32 bits per heavy atom. The van der Waals surface area contributed by atoms with Crippen LogP contribution in [0.4, 0.5) is 4.39 Å². The third-order valence-corrected chi connectivity index (χ3v) is 7.34. The number of thiophene rings is 2. The molecule has 144 valence electrons. The minimum atomic E-state index is -0.295. The fourth-order valence-electron chi connectivity index (χ4n) is 2.92. The molecule has 1 aromatic carbocycles. The molecule has 8 heteroatoms. The van der Waals surface area contributed by atoms with Gasteiger partial charge >= 0.3 is 0 Å². The van der Waals surface area contributed by atoms with Crippen LogP contribution >= 0.6 is 34.4 Å². The second-order valence-electron chi connectivity index (χ2n) is 6.17. The molecule has 4 aromatic rings. The van der Waals surface area contributed by atoms with E-state index in [1.54, 1.807) is 36.3 Å². The Morgan fingerprint density at radius 3 is 2.93 bits per heavy atom. The van der Waals surface area contributed by atoms with Crippen molar-refractivity contribution in [1.82, 2.24) is 9.97 Å². The Hall–Kier alpha value is -2.16. The average molecular weight is 433 g/mol. The van der Waals surface area contributed by atoms with Gasteiger partial charge in [0.05, 0.1) is 17.7 Å². The van der Waals surface area contributed by atoms with Gasteiger partial charge in [-0.15, -0.1) is 34.4 Å².